The standard InChI is InChI=1S/C22H17ClN2O3/c1-14(27-18-8-3-2-4-9-18)21(26)24-17-10-11-19-20(13-17)28-22(25-19)15-6-5-7-16(23)12-15/h2-14H,1H3,(H,24,26). The molecule has 3 aromatic carbocycles. The highest BCUT2D eigenvalue weighted by Crippen LogP contribution is 2.28. The van der Waals surface area contributed by atoms with E-state index in [1.165, 1.54) is 0 Å². The minimum atomic E-state index is -0.644. The average Bonchev–Trinajstić information content (AvgIpc) is 3.12. The van der Waals surface area contributed by atoms with Crippen LogP contribution in [0.5, 0.6) is 5.75 Å². The molecule has 0 fully saturated rings. The van der Waals surface area contributed by atoms with Crippen molar-refractivity contribution in [1.29, 1.82) is 0 Å². The van der Waals surface area contributed by atoms with Gasteiger partial charge in [-0.05, 0) is 49.4 Å². The Bertz CT molecular complexity index is 1130. The summed E-state index contributed by atoms with van der Waals surface area (Å²) in [7, 11) is 0. The van der Waals surface area contributed by atoms with E-state index in [0.29, 0.717) is 33.4 Å². The molecule has 1 unspecified atom stereocenters. The summed E-state index contributed by atoms with van der Waals surface area (Å²) >= 11 is 6.03. The Morgan fingerprint density at radius 2 is 1.89 bits per heavy atom. The average molecular weight is 393 g/mol. The number of hydrogen-bond acceptors (Lipinski definition) is 4. The molecule has 0 saturated carbocycles. The van der Waals surface area contributed by atoms with Gasteiger partial charge in [0.25, 0.3) is 5.91 Å². The maximum Gasteiger partial charge on any atom is 0.265 e. The summed E-state index contributed by atoms with van der Waals surface area (Å²) < 4.78 is 11.5. The first-order valence-electron chi connectivity index (χ1n) is 8.77. The molecule has 0 aliphatic heterocycles. The molecule has 4 aromatic rings. The van der Waals surface area contributed by atoms with Gasteiger partial charge in [0, 0.05) is 22.3 Å². The number of para-hydroxylation sites is 1. The smallest absolute Gasteiger partial charge is 0.265 e. The van der Waals surface area contributed by atoms with Gasteiger partial charge < -0.3 is 14.5 Å². The van der Waals surface area contributed by atoms with Crippen molar-refractivity contribution in [2.45, 2.75) is 13.0 Å². The first kappa shape index (κ1) is 18.1. The van der Waals surface area contributed by atoms with Crippen molar-refractivity contribution >= 4 is 34.3 Å². The van der Waals surface area contributed by atoms with Crippen LogP contribution in [0.2, 0.25) is 5.02 Å². The van der Waals surface area contributed by atoms with Crippen molar-refractivity contribution in [3.8, 4) is 17.2 Å². The molecule has 0 aliphatic rings. The molecule has 1 atom stereocenters. The summed E-state index contributed by atoms with van der Waals surface area (Å²) in [4.78, 5) is 16.9. The summed E-state index contributed by atoms with van der Waals surface area (Å²) in [5, 5.41) is 3.45. The highest BCUT2D eigenvalue weighted by Gasteiger charge is 2.16. The molecular formula is C22H17ClN2O3. The molecule has 0 spiro atoms. The van der Waals surface area contributed by atoms with Crippen LogP contribution in [0, 0.1) is 0 Å². The molecule has 1 N–H and O–H groups in total. The fraction of sp³-hybridized carbons (Fsp3) is 0.0909. The van der Waals surface area contributed by atoms with Gasteiger partial charge in [0.05, 0.1) is 0 Å². The Morgan fingerprint density at radius 3 is 2.68 bits per heavy atom. The maximum absolute atomic E-state index is 12.4. The predicted octanol–water partition coefficient (Wildman–Crippen LogP) is 5.55. The number of oxazole rings is 1. The molecule has 1 aromatic heterocycles. The van der Waals surface area contributed by atoms with Gasteiger partial charge in [0.15, 0.2) is 11.7 Å². The van der Waals surface area contributed by atoms with E-state index in [1.807, 2.05) is 42.5 Å². The summed E-state index contributed by atoms with van der Waals surface area (Å²) in [6.07, 6.45) is -0.644. The van der Waals surface area contributed by atoms with E-state index in [1.54, 1.807) is 37.3 Å². The largest absolute Gasteiger partial charge is 0.481 e. The number of carbonyl (C=O) groups excluding carboxylic acids is 1. The van der Waals surface area contributed by atoms with Gasteiger partial charge in [0.1, 0.15) is 11.3 Å². The fourth-order valence-electron chi connectivity index (χ4n) is 2.75. The van der Waals surface area contributed by atoms with Crippen molar-refractivity contribution in [3.05, 3.63) is 77.8 Å². The van der Waals surface area contributed by atoms with Crippen LogP contribution in [0.25, 0.3) is 22.6 Å². The van der Waals surface area contributed by atoms with Crippen LogP contribution in [0.4, 0.5) is 5.69 Å². The van der Waals surface area contributed by atoms with Gasteiger partial charge in [0.2, 0.25) is 5.89 Å². The van der Waals surface area contributed by atoms with Crippen molar-refractivity contribution < 1.29 is 13.9 Å². The number of anilines is 1. The normalized spacial score (nSPS) is 11.9. The van der Waals surface area contributed by atoms with Gasteiger partial charge in [-0.15, -0.1) is 0 Å². The lowest BCUT2D eigenvalue weighted by molar-refractivity contribution is -0.122. The van der Waals surface area contributed by atoms with E-state index in [4.69, 9.17) is 20.8 Å². The van der Waals surface area contributed by atoms with Gasteiger partial charge in [-0.2, -0.15) is 0 Å². The summed E-state index contributed by atoms with van der Waals surface area (Å²) in [5.74, 6) is 0.863. The highest BCUT2D eigenvalue weighted by molar-refractivity contribution is 6.30. The Balaban J connectivity index is 1.50. The van der Waals surface area contributed by atoms with E-state index >= 15 is 0 Å². The van der Waals surface area contributed by atoms with Gasteiger partial charge in [-0.25, -0.2) is 4.98 Å². The number of halogens is 1. The zero-order chi connectivity index (χ0) is 19.5. The number of fused-ring (bicyclic) bond motifs is 1. The zero-order valence-electron chi connectivity index (χ0n) is 15.1. The van der Waals surface area contributed by atoms with Crippen molar-refractivity contribution in [2.75, 3.05) is 5.32 Å². The van der Waals surface area contributed by atoms with Crippen LogP contribution in [0.3, 0.4) is 0 Å². The molecule has 1 heterocycles. The van der Waals surface area contributed by atoms with E-state index in [2.05, 4.69) is 10.3 Å². The third kappa shape index (κ3) is 4.00. The lowest BCUT2D eigenvalue weighted by atomic mass is 10.2. The third-order valence-corrected chi connectivity index (χ3v) is 4.39. The Kier molecular flexibility index (Phi) is 5.00. The molecule has 28 heavy (non-hydrogen) atoms. The van der Waals surface area contributed by atoms with Crippen LogP contribution in [0.1, 0.15) is 6.92 Å². The van der Waals surface area contributed by atoms with Crippen molar-refractivity contribution in [2.24, 2.45) is 0 Å². The van der Waals surface area contributed by atoms with Crippen LogP contribution in [0.15, 0.2) is 77.2 Å². The van der Waals surface area contributed by atoms with Gasteiger partial charge in [-0.1, -0.05) is 35.9 Å². The Labute approximate surface area is 166 Å². The fourth-order valence-corrected chi connectivity index (χ4v) is 2.94. The molecule has 0 radical (unpaired) electrons. The topological polar surface area (TPSA) is 64.4 Å². The van der Waals surface area contributed by atoms with Crippen LogP contribution < -0.4 is 10.1 Å². The highest BCUT2D eigenvalue weighted by atomic mass is 35.5. The molecule has 4 rings (SSSR count). The number of amides is 1. The maximum atomic E-state index is 12.4. The minimum Gasteiger partial charge on any atom is -0.481 e. The predicted molar refractivity (Wildman–Crippen MR) is 110 cm³/mol. The summed E-state index contributed by atoms with van der Waals surface area (Å²) in [6.45, 7) is 1.70. The van der Waals surface area contributed by atoms with E-state index < -0.39 is 6.10 Å². The molecule has 1 amide bonds. The Hall–Kier alpha value is -3.31. The van der Waals surface area contributed by atoms with Crippen LogP contribution >= 0.6 is 11.6 Å². The van der Waals surface area contributed by atoms with Crippen LogP contribution in [-0.4, -0.2) is 17.0 Å². The van der Waals surface area contributed by atoms with Crippen LogP contribution in [-0.2, 0) is 4.79 Å². The molecule has 6 heteroatoms. The van der Waals surface area contributed by atoms with Crippen molar-refractivity contribution in [1.82, 2.24) is 4.98 Å². The van der Waals surface area contributed by atoms with Gasteiger partial charge >= 0.3 is 0 Å². The zero-order valence-corrected chi connectivity index (χ0v) is 15.8. The number of carbonyl (C=O) groups is 1. The van der Waals surface area contributed by atoms with E-state index in [9.17, 15) is 4.79 Å². The quantitative estimate of drug-likeness (QED) is 0.483. The van der Waals surface area contributed by atoms with E-state index in [-0.39, 0.29) is 5.91 Å². The lowest BCUT2D eigenvalue weighted by Gasteiger charge is -2.14. The first-order chi connectivity index (χ1) is 13.6. The molecule has 0 aliphatic carbocycles. The van der Waals surface area contributed by atoms with E-state index in [0.717, 1.165) is 5.56 Å². The number of nitrogens with zero attached hydrogens (tertiary/aromatic N) is 1. The summed E-state index contributed by atoms with van der Waals surface area (Å²) in [5.41, 5.74) is 2.67. The summed E-state index contributed by atoms with van der Waals surface area (Å²) in [6, 6.07) is 21.8. The second-order valence-corrected chi connectivity index (χ2v) is 6.71. The number of benzene rings is 3. The number of hydrogen-bond donors (Lipinski definition) is 1. The molecular weight excluding hydrogens is 376 g/mol. The second kappa shape index (κ2) is 7.74. The first-order valence-corrected chi connectivity index (χ1v) is 9.15. The molecule has 0 bridgehead atoms. The Morgan fingerprint density at radius 1 is 1.07 bits per heavy atom. The number of aromatic nitrogens is 1. The number of nitrogens with one attached hydrogen (secondary N) is 1. The lowest BCUT2D eigenvalue weighted by Crippen LogP contribution is -2.30. The SMILES string of the molecule is CC(Oc1ccccc1)C(=O)Nc1ccc2nc(-c3cccc(Cl)c3)oc2c1. The second-order valence-electron chi connectivity index (χ2n) is 6.27. The molecule has 140 valence electrons. The van der Waals surface area contributed by atoms with Gasteiger partial charge in [-0.3, -0.25) is 4.79 Å². The van der Waals surface area contributed by atoms with Crippen molar-refractivity contribution in [3.63, 3.8) is 0 Å². The monoisotopic (exact) mass is 392 g/mol. The number of ether oxygens (including phenoxy) is 1. The molecule has 0 saturated heterocycles. The minimum absolute atomic E-state index is 0.252. The third-order valence-electron chi connectivity index (χ3n) is 4.15. The molecule has 5 nitrogen and oxygen atoms in total. The number of rotatable bonds is 5.